The first-order chi connectivity index (χ1) is 20.5. The third kappa shape index (κ3) is 29.9. The minimum Gasteiger partial charge on any atom is -0.462 e. The van der Waals surface area contributed by atoms with Crippen molar-refractivity contribution in [2.24, 2.45) is 0 Å². The molecule has 0 radical (unpaired) electrons. The highest BCUT2D eigenvalue weighted by Gasteiger charge is 2.19. The van der Waals surface area contributed by atoms with E-state index in [1.54, 1.807) is 0 Å². The molecular weight excluding hydrogens is 528 g/mol. The van der Waals surface area contributed by atoms with E-state index in [1.807, 2.05) is 0 Å². The summed E-state index contributed by atoms with van der Waals surface area (Å²) in [5.41, 5.74) is 0. The van der Waals surface area contributed by atoms with E-state index in [0.29, 0.717) is 19.3 Å². The van der Waals surface area contributed by atoms with Gasteiger partial charge in [-0.05, 0) is 19.3 Å². The van der Waals surface area contributed by atoms with Crippen LogP contribution in [0.2, 0.25) is 0 Å². The van der Waals surface area contributed by atoms with Crippen molar-refractivity contribution in [1.29, 1.82) is 0 Å². The molecule has 42 heavy (non-hydrogen) atoms. The Morgan fingerprint density at radius 1 is 0.381 bits per heavy atom. The van der Waals surface area contributed by atoms with Gasteiger partial charge in [-0.2, -0.15) is 0 Å². The van der Waals surface area contributed by atoms with Crippen LogP contribution >= 0.6 is 0 Å². The van der Waals surface area contributed by atoms with Crippen LogP contribution in [-0.4, -0.2) is 37.2 Å². The maximum atomic E-state index is 12.4. The first kappa shape index (κ1) is 40.4. The summed E-state index contributed by atoms with van der Waals surface area (Å²) in [6.45, 7) is 6.45. The molecule has 0 rings (SSSR count). The fourth-order valence-corrected chi connectivity index (χ4v) is 5.09. The lowest BCUT2D eigenvalue weighted by Crippen LogP contribution is -2.30. The molecule has 248 valence electrons. The zero-order valence-corrected chi connectivity index (χ0v) is 28.0. The summed E-state index contributed by atoms with van der Waals surface area (Å²) in [4.78, 5) is 36.8. The van der Waals surface area contributed by atoms with E-state index in [9.17, 15) is 14.4 Å². The van der Waals surface area contributed by atoms with Gasteiger partial charge in [-0.3, -0.25) is 14.4 Å². The normalized spacial score (nSPS) is 11.8. The number of hydrogen-bond acceptors (Lipinski definition) is 6. The number of hydrogen-bond donors (Lipinski definition) is 0. The Hall–Kier alpha value is -1.59. The fraction of sp³-hybridized carbons (Fsp3) is 0.917. The number of ether oxygens (including phenoxy) is 3. The molecule has 0 spiro atoms. The number of carbonyl (C=O) groups excluding carboxylic acids is 3. The molecule has 0 aromatic carbocycles. The Morgan fingerprint density at radius 2 is 0.643 bits per heavy atom. The van der Waals surface area contributed by atoms with Gasteiger partial charge in [-0.25, -0.2) is 0 Å². The van der Waals surface area contributed by atoms with Crippen molar-refractivity contribution < 1.29 is 28.6 Å². The lowest BCUT2D eigenvalue weighted by atomic mass is 10.0. The first-order valence-electron chi connectivity index (χ1n) is 18.0. The average Bonchev–Trinajstić information content (AvgIpc) is 2.98. The molecular formula is C36H68O6. The highest BCUT2D eigenvalue weighted by Crippen LogP contribution is 2.14. The maximum absolute atomic E-state index is 12.4. The van der Waals surface area contributed by atoms with Gasteiger partial charge < -0.3 is 14.2 Å². The molecule has 0 saturated carbocycles. The van der Waals surface area contributed by atoms with Crippen molar-refractivity contribution in [3.05, 3.63) is 0 Å². The Labute approximate surface area is 259 Å². The monoisotopic (exact) mass is 597 g/mol. The molecule has 0 amide bonds. The van der Waals surface area contributed by atoms with Gasteiger partial charge in [0.2, 0.25) is 0 Å². The molecule has 6 heteroatoms. The van der Waals surface area contributed by atoms with Crippen LogP contribution in [0.5, 0.6) is 0 Å². The molecule has 0 aliphatic heterocycles. The van der Waals surface area contributed by atoms with Gasteiger partial charge in [-0.1, -0.05) is 156 Å². The molecule has 0 unspecified atom stereocenters. The van der Waals surface area contributed by atoms with E-state index in [4.69, 9.17) is 14.2 Å². The minimum atomic E-state index is -0.752. The van der Waals surface area contributed by atoms with E-state index in [0.717, 1.165) is 70.6 Å². The largest absolute Gasteiger partial charge is 0.462 e. The second-order valence-electron chi connectivity index (χ2n) is 12.2. The number of unbranched alkanes of at least 4 members (excludes halogenated alkanes) is 21. The SMILES string of the molecule is CCCCCCCCCCCCCCCCC(=O)OC[C@H](COC(=O)CCCCCCC)OC(=O)CCCCCCC. The summed E-state index contributed by atoms with van der Waals surface area (Å²) < 4.78 is 16.4. The Kier molecular flexibility index (Phi) is 31.1. The lowest BCUT2D eigenvalue weighted by molar-refractivity contribution is -0.167. The number of rotatable bonds is 32. The Bertz CT molecular complexity index is 620. The highest BCUT2D eigenvalue weighted by molar-refractivity contribution is 5.71. The third-order valence-corrected chi connectivity index (χ3v) is 7.86. The van der Waals surface area contributed by atoms with Crippen molar-refractivity contribution in [2.45, 2.75) is 200 Å². The molecule has 0 saturated heterocycles. The number of carbonyl (C=O) groups is 3. The van der Waals surface area contributed by atoms with Crippen molar-refractivity contribution >= 4 is 17.9 Å². The highest BCUT2D eigenvalue weighted by atomic mass is 16.6. The maximum Gasteiger partial charge on any atom is 0.306 e. The zero-order valence-electron chi connectivity index (χ0n) is 28.0. The molecule has 6 nitrogen and oxygen atoms in total. The minimum absolute atomic E-state index is 0.0667. The molecule has 0 aliphatic carbocycles. The molecule has 0 heterocycles. The van der Waals surface area contributed by atoms with Crippen molar-refractivity contribution in [2.75, 3.05) is 13.2 Å². The van der Waals surface area contributed by atoms with Crippen molar-refractivity contribution in [3.63, 3.8) is 0 Å². The predicted molar refractivity (Wildman–Crippen MR) is 173 cm³/mol. The van der Waals surface area contributed by atoms with Gasteiger partial charge in [-0.15, -0.1) is 0 Å². The van der Waals surface area contributed by atoms with Gasteiger partial charge in [0, 0.05) is 19.3 Å². The van der Waals surface area contributed by atoms with Crippen LogP contribution < -0.4 is 0 Å². The summed E-state index contributed by atoms with van der Waals surface area (Å²) in [5.74, 6) is -0.896. The average molecular weight is 597 g/mol. The summed E-state index contributed by atoms with van der Waals surface area (Å²) in [5, 5.41) is 0. The molecule has 0 aromatic rings. The van der Waals surface area contributed by atoms with Crippen LogP contribution in [0.4, 0.5) is 0 Å². The summed E-state index contributed by atoms with van der Waals surface area (Å²) in [6, 6.07) is 0. The van der Waals surface area contributed by atoms with Crippen LogP contribution in [0.1, 0.15) is 194 Å². The van der Waals surface area contributed by atoms with Gasteiger partial charge in [0.25, 0.3) is 0 Å². The van der Waals surface area contributed by atoms with E-state index in [1.165, 1.54) is 83.5 Å². The molecule has 1 atom stereocenters. The quantitative estimate of drug-likeness (QED) is 0.0436. The van der Waals surface area contributed by atoms with E-state index in [2.05, 4.69) is 20.8 Å². The third-order valence-electron chi connectivity index (χ3n) is 7.86. The number of esters is 3. The van der Waals surface area contributed by atoms with Crippen LogP contribution in [-0.2, 0) is 28.6 Å². The van der Waals surface area contributed by atoms with Crippen LogP contribution in [0, 0.1) is 0 Å². The molecule has 0 aromatic heterocycles. The summed E-state index contributed by atoms with van der Waals surface area (Å²) in [6.07, 6.45) is 28.6. The van der Waals surface area contributed by atoms with Crippen LogP contribution in [0.15, 0.2) is 0 Å². The Balaban J connectivity index is 4.13. The predicted octanol–water partition coefficient (Wildman–Crippen LogP) is 10.6. The van der Waals surface area contributed by atoms with Gasteiger partial charge in [0.05, 0.1) is 0 Å². The lowest BCUT2D eigenvalue weighted by Gasteiger charge is -2.18. The van der Waals surface area contributed by atoms with Gasteiger partial charge >= 0.3 is 17.9 Å². The Morgan fingerprint density at radius 3 is 0.952 bits per heavy atom. The summed E-state index contributed by atoms with van der Waals surface area (Å²) >= 11 is 0. The van der Waals surface area contributed by atoms with Crippen LogP contribution in [0.3, 0.4) is 0 Å². The first-order valence-corrected chi connectivity index (χ1v) is 18.0. The molecule has 0 N–H and O–H groups in total. The smallest absolute Gasteiger partial charge is 0.306 e. The van der Waals surface area contributed by atoms with Crippen LogP contribution in [0.25, 0.3) is 0 Å². The zero-order chi connectivity index (χ0) is 30.9. The standard InChI is InChI=1S/C36H68O6/c1-4-7-10-13-14-15-16-17-18-19-20-21-24-26-29-35(38)41-32-33(42-36(39)30-27-23-12-9-6-3)31-40-34(37)28-25-22-11-8-5-2/h33H,4-32H2,1-3H3/t33-/m0/s1. The molecule has 0 fully saturated rings. The van der Waals surface area contributed by atoms with E-state index >= 15 is 0 Å². The van der Waals surface area contributed by atoms with Gasteiger partial charge in [0.15, 0.2) is 6.10 Å². The fourth-order valence-electron chi connectivity index (χ4n) is 5.09. The topological polar surface area (TPSA) is 78.9 Å². The molecule has 0 aliphatic rings. The second kappa shape index (κ2) is 32.3. The summed E-state index contributed by atoms with van der Waals surface area (Å²) in [7, 11) is 0. The van der Waals surface area contributed by atoms with Crippen molar-refractivity contribution in [3.8, 4) is 0 Å². The van der Waals surface area contributed by atoms with E-state index < -0.39 is 6.10 Å². The molecule has 0 bridgehead atoms. The van der Waals surface area contributed by atoms with E-state index in [-0.39, 0.29) is 31.1 Å². The van der Waals surface area contributed by atoms with Gasteiger partial charge in [0.1, 0.15) is 13.2 Å². The van der Waals surface area contributed by atoms with Crippen molar-refractivity contribution in [1.82, 2.24) is 0 Å². The second-order valence-corrected chi connectivity index (χ2v) is 12.2.